The molecule has 0 aromatic carbocycles. The molecule has 0 spiro atoms. The Bertz CT molecular complexity index is 1210. The van der Waals surface area contributed by atoms with Crippen LogP contribution >= 0.6 is 0 Å². The molecule has 14 unspecified atom stereocenters. The van der Waals surface area contributed by atoms with Crippen LogP contribution < -0.4 is 11.1 Å². The van der Waals surface area contributed by atoms with Crippen molar-refractivity contribution in [3.63, 3.8) is 0 Å². The van der Waals surface area contributed by atoms with E-state index in [0.717, 1.165) is 57.1 Å². The molecular formula is C37H63N2O7+. The molecule has 0 bridgehead atoms. The van der Waals surface area contributed by atoms with Gasteiger partial charge >= 0.3 is 0 Å². The minimum Gasteiger partial charge on any atom is -0.396 e. The minimum absolute atomic E-state index is 0.0238. The van der Waals surface area contributed by atoms with Crippen molar-refractivity contribution < 1.29 is 40.4 Å². The summed E-state index contributed by atoms with van der Waals surface area (Å²) >= 11 is 0. The second kappa shape index (κ2) is 11.9. The van der Waals surface area contributed by atoms with Gasteiger partial charge in [-0.3, -0.25) is 10.5 Å². The second-order valence-corrected chi connectivity index (χ2v) is 17.7. The van der Waals surface area contributed by atoms with E-state index >= 15 is 0 Å². The van der Waals surface area contributed by atoms with E-state index in [0.29, 0.717) is 44.4 Å². The monoisotopic (exact) mass is 647 g/mol. The van der Waals surface area contributed by atoms with Gasteiger partial charge < -0.3 is 35.6 Å². The summed E-state index contributed by atoms with van der Waals surface area (Å²) < 4.78 is 6.34. The van der Waals surface area contributed by atoms with E-state index < -0.39 is 45.9 Å². The number of epoxide rings is 1. The van der Waals surface area contributed by atoms with Crippen molar-refractivity contribution in [2.24, 2.45) is 45.7 Å². The fourth-order valence-electron chi connectivity index (χ4n) is 11.7. The average molecular weight is 648 g/mol. The number of fused-ring (bicyclic) bond motifs is 5. The van der Waals surface area contributed by atoms with Gasteiger partial charge in [0.2, 0.25) is 0 Å². The summed E-state index contributed by atoms with van der Waals surface area (Å²) in [6.07, 6.45) is 9.39. The molecule has 0 amide bonds. The van der Waals surface area contributed by atoms with E-state index in [2.05, 4.69) is 19.2 Å². The number of aliphatic hydroxyl groups is 5. The molecule has 0 aromatic heterocycles. The van der Waals surface area contributed by atoms with Crippen molar-refractivity contribution in [3.8, 4) is 0 Å². The number of aliphatic hydroxyl groups excluding tert-OH is 2. The van der Waals surface area contributed by atoms with Crippen molar-refractivity contribution in [2.75, 3.05) is 13.2 Å². The quantitative estimate of drug-likeness (QED) is 0.177. The van der Waals surface area contributed by atoms with E-state index in [1.807, 2.05) is 13.8 Å². The molecule has 46 heavy (non-hydrogen) atoms. The van der Waals surface area contributed by atoms with Gasteiger partial charge in [0.05, 0.1) is 36.1 Å². The Morgan fingerprint density at radius 3 is 2.43 bits per heavy atom. The van der Waals surface area contributed by atoms with E-state index in [1.165, 1.54) is 0 Å². The maximum absolute atomic E-state index is 13.6. The molecule has 9 N–H and O–H groups in total. The summed E-state index contributed by atoms with van der Waals surface area (Å²) in [7, 11) is 0. The smallest absolute Gasteiger partial charge is 0.159 e. The number of nitrogens with two attached hydrogens (primary N) is 2. The number of ether oxygens (including phenoxy) is 1. The number of piperidine rings is 1. The van der Waals surface area contributed by atoms with Crippen LogP contribution in [0.1, 0.15) is 118 Å². The molecule has 6 aliphatic rings. The molecule has 14 atom stereocenters. The maximum Gasteiger partial charge on any atom is 0.159 e. The van der Waals surface area contributed by atoms with Crippen LogP contribution in [0.5, 0.6) is 0 Å². The summed E-state index contributed by atoms with van der Waals surface area (Å²) in [5.74, 6) is 0.0518. The lowest BCUT2D eigenvalue weighted by molar-refractivity contribution is -0.699. The van der Waals surface area contributed by atoms with Crippen LogP contribution in [0.4, 0.5) is 0 Å². The highest BCUT2D eigenvalue weighted by Crippen LogP contribution is 2.70. The zero-order valence-electron chi connectivity index (χ0n) is 29.0. The SMILES string of the molecule is CCCC(O)(C1OC1C(C)(O)C(C)(CO)CCC1CC[NH2+]C(N)C1)C1CCC2(O)C3=CC(=O)C4CC(O)CCC4(C)C3CCC12C. The van der Waals surface area contributed by atoms with Gasteiger partial charge in [-0.25, -0.2) is 0 Å². The van der Waals surface area contributed by atoms with Gasteiger partial charge in [-0.05, 0) is 112 Å². The zero-order chi connectivity index (χ0) is 33.5. The number of rotatable bonds is 10. The summed E-state index contributed by atoms with van der Waals surface area (Å²) in [5.41, 5.74) is 1.39. The van der Waals surface area contributed by atoms with E-state index in [1.54, 1.807) is 13.0 Å². The largest absolute Gasteiger partial charge is 0.396 e. The van der Waals surface area contributed by atoms with Gasteiger partial charge in [0, 0.05) is 23.2 Å². The number of ketones is 1. The first-order valence-electron chi connectivity index (χ1n) is 18.5. The molecule has 9 nitrogen and oxygen atoms in total. The first-order valence-corrected chi connectivity index (χ1v) is 18.5. The Kier molecular flexibility index (Phi) is 9.01. The molecular weight excluding hydrogens is 584 g/mol. The lowest BCUT2D eigenvalue weighted by atomic mass is 9.45. The topological polar surface area (TPSA) is 173 Å². The molecule has 2 saturated heterocycles. The fraction of sp³-hybridized carbons (Fsp3) is 0.919. The minimum atomic E-state index is -1.38. The fourth-order valence-corrected chi connectivity index (χ4v) is 11.7. The summed E-state index contributed by atoms with van der Waals surface area (Å²) in [5, 5.41) is 60.9. The summed E-state index contributed by atoms with van der Waals surface area (Å²) in [6.45, 7) is 10.8. The zero-order valence-corrected chi connectivity index (χ0v) is 29.0. The third-order valence-electron chi connectivity index (χ3n) is 15.2. The van der Waals surface area contributed by atoms with E-state index in [4.69, 9.17) is 10.5 Å². The molecule has 0 radical (unpaired) electrons. The Labute approximate surface area is 275 Å². The predicted octanol–water partition coefficient (Wildman–Crippen LogP) is 2.31. The third-order valence-corrected chi connectivity index (χ3v) is 15.2. The van der Waals surface area contributed by atoms with Crippen molar-refractivity contribution in [3.05, 3.63) is 11.6 Å². The molecule has 5 fully saturated rings. The Morgan fingerprint density at radius 2 is 1.76 bits per heavy atom. The molecule has 3 saturated carbocycles. The number of hydrogen-bond acceptors (Lipinski definition) is 8. The lowest BCUT2D eigenvalue weighted by Crippen LogP contribution is -2.94. The Morgan fingerprint density at radius 1 is 1.02 bits per heavy atom. The van der Waals surface area contributed by atoms with Gasteiger partial charge in [-0.2, -0.15) is 0 Å². The normalized spacial score (nSPS) is 47.8. The van der Waals surface area contributed by atoms with Crippen molar-refractivity contribution in [1.82, 2.24) is 0 Å². The Hall–Kier alpha value is -0.910. The number of carbonyl (C=O) groups excluding carboxylic acids is 1. The van der Waals surface area contributed by atoms with Crippen LogP contribution in [-0.2, 0) is 9.53 Å². The molecule has 2 aliphatic heterocycles. The maximum atomic E-state index is 13.6. The number of hydrogen-bond donors (Lipinski definition) is 7. The second-order valence-electron chi connectivity index (χ2n) is 17.7. The van der Waals surface area contributed by atoms with Crippen LogP contribution in [0.3, 0.4) is 0 Å². The molecule has 262 valence electrons. The standard InChI is InChI=1S/C37H62N2O7/c1-6-12-36(44,31-30(46-31)35(5,43)32(2,21-40)13-7-22-11-17-39-29(38)18-22)28-10-16-37(45)25-20-27(42)26-19-23(41)8-14-33(26,3)24(25)9-15-34(28,37)4/h20,22-24,26,28-31,39-41,43-45H,6-19,21,38H2,1-5H3/p+1. The van der Waals surface area contributed by atoms with Gasteiger partial charge in [0.1, 0.15) is 18.4 Å². The Balaban J connectivity index is 1.25. The molecule has 4 aliphatic carbocycles. The molecule has 2 heterocycles. The van der Waals surface area contributed by atoms with Crippen LogP contribution in [0.25, 0.3) is 0 Å². The van der Waals surface area contributed by atoms with Crippen LogP contribution in [0.2, 0.25) is 0 Å². The van der Waals surface area contributed by atoms with E-state index in [9.17, 15) is 30.3 Å². The molecule has 6 rings (SSSR count). The third kappa shape index (κ3) is 5.12. The van der Waals surface area contributed by atoms with Crippen LogP contribution in [-0.4, -0.2) is 85.7 Å². The molecule has 0 aromatic rings. The number of allylic oxidation sites excluding steroid dienone is 1. The summed E-state index contributed by atoms with van der Waals surface area (Å²) in [6, 6.07) is 0. The highest BCUT2D eigenvalue weighted by atomic mass is 16.6. The van der Waals surface area contributed by atoms with Crippen molar-refractivity contribution >= 4 is 5.78 Å². The first kappa shape index (κ1) is 34.9. The highest BCUT2D eigenvalue weighted by Gasteiger charge is 2.73. The lowest BCUT2D eigenvalue weighted by Gasteiger charge is -2.60. The van der Waals surface area contributed by atoms with Gasteiger partial charge in [-0.15, -0.1) is 0 Å². The summed E-state index contributed by atoms with van der Waals surface area (Å²) in [4.78, 5) is 13.6. The van der Waals surface area contributed by atoms with E-state index in [-0.39, 0.29) is 41.7 Å². The predicted molar refractivity (Wildman–Crippen MR) is 174 cm³/mol. The average Bonchev–Trinajstić information content (AvgIpc) is 3.77. The number of quaternary nitrogens is 1. The van der Waals surface area contributed by atoms with Crippen molar-refractivity contribution in [2.45, 2.75) is 159 Å². The first-order chi connectivity index (χ1) is 21.5. The highest BCUT2D eigenvalue weighted by molar-refractivity contribution is 5.95. The van der Waals surface area contributed by atoms with Crippen LogP contribution in [0, 0.1) is 39.9 Å². The van der Waals surface area contributed by atoms with Gasteiger partial charge in [0.25, 0.3) is 0 Å². The van der Waals surface area contributed by atoms with Crippen molar-refractivity contribution in [1.29, 1.82) is 0 Å². The number of carbonyl (C=O) groups is 1. The van der Waals surface area contributed by atoms with Crippen LogP contribution in [0.15, 0.2) is 11.6 Å². The molecule has 9 heteroatoms. The van der Waals surface area contributed by atoms with Gasteiger partial charge in [-0.1, -0.05) is 34.1 Å². The van der Waals surface area contributed by atoms with Gasteiger partial charge in [0.15, 0.2) is 5.78 Å².